The fourth-order valence-corrected chi connectivity index (χ4v) is 2.50. The molecule has 0 spiro atoms. The third kappa shape index (κ3) is 4.29. The summed E-state index contributed by atoms with van der Waals surface area (Å²) in [4.78, 5) is 22.5. The van der Waals surface area contributed by atoms with Crippen LogP contribution < -0.4 is 16.4 Å². The minimum Gasteiger partial charge on any atom is -0.369 e. The molecule has 0 aromatic rings. The van der Waals surface area contributed by atoms with Crippen LogP contribution >= 0.6 is 0 Å². The zero-order chi connectivity index (χ0) is 13.0. The second-order valence-corrected chi connectivity index (χ2v) is 5.50. The number of hydrogen-bond donors (Lipinski definition) is 3. The van der Waals surface area contributed by atoms with Gasteiger partial charge in [0, 0.05) is 31.0 Å². The predicted molar refractivity (Wildman–Crippen MR) is 68.7 cm³/mol. The molecule has 0 radical (unpaired) electrons. The van der Waals surface area contributed by atoms with Gasteiger partial charge in [-0.1, -0.05) is 0 Å². The van der Waals surface area contributed by atoms with Crippen molar-refractivity contribution in [1.82, 2.24) is 10.6 Å². The highest BCUT2D eigenvalue weighted by Gasteiger charge is 2.25. The summed E-state index contributed by atoms with van der Waals surface area (Å²) in [6, 6.07) is 0.887. The molecule has 0 unspecified atom stereocenters. The van der Waals surface area contributed by atoms with Crippen LogP contribution in [0, 0.1) is 5.92 Å². The number of rotatable bonds is 6. The molecule has 102 valence electrons. The van der Waals surface area contributed by atoms with E-state index in [2.05, 4.69) is 10.6 Å². The first kappa shape index (κ1) is 13.3. The van der Waals surface area contributed by atoms with Crippen molar-refractivity contribution >= 4 is 11.8 Å². The summed E-state index contributed by atoms with van der Waals surface area (Å²) >= 11 is 0. The van der Waals surface area contributed by atoms with Gasteiger partial charge < -0.3 is 16.4 Å². The Hall–Kier alpha value is -1.10. The number of carbonyl (C=O) groups is 2. The monoisotopic (exact) mass is 253 g/mol. The Kier molecular flexibility index (Phi) is 4.58. The first-order valence-corrected chi connectivity index (χ1v) is 6.97. The molecule has 2 aliphatic carbocycles. The van der Waals surface area contributed by atoms with E-state index in [0.29, 0.717) is 18.5 Å². The molecule has 5 nitrogen and oxygen atoms in total. The highest BCUT2D eigenvalue weighted by atomic mass is 16.2. The molecule has 5 heteroatoms. The molecule has 0 saturated heterocycles. The smallest absolute Gasteiger partial charge is 0.221 e. The largest absolute Gasteiger partial charge is 0.369 e. The van der Waals surface area contributed by atoms with Gasteiger partial charge in [-0.05, 0) is 38.5 Å². The number of amides is 2. The van der Waals surface area contributed by atoms with Gasteiger partial charge in [0.15, 0.2) is 0 Å². The summed E-state index contributed by atoms with van der Waals surface area (Å²) in [5.74, 6) is 0.0364. The van der Waals surface area contributed by atoms with Gasteiger partial charge in [0.05, 0.1) is 0 Å². The fourth-order valence-electron chi connectivity index (χ4n) is 2.50. The van der Waals surface area contributed by atoms with E-state index in [-0.39, 0.29) is 17.7 Å². The van der Waals surface area contributed by atoms with Crippen LogP contribution in [0.1, 0.15) is 44.9 Å². The summed E-state index contributed by atoms with van der Waals surface area (Å²) in [6.07, 6.45) is 6.54. The molecule has 0 atom stereocenters. The summed E-state index contributed by atoms with van der Waals surface area (Å²) in [6.45, 7) is 0.727. The molecular formula is C13H23N3O2. The molecule has 2 amide bonds. The lowest BCUT2D eigenvalue weighted by atomic mass is 9.85. The van der Waals surface area contributed by atoms with Gasteiger partial charge in [0.25, 0.3) is 0 Å². The van der Waals surface area contributed by atoms with E-state index in [4.69, 9.17) is 5.73 Å². The summed E-state index contributed by atoms with van der Waals surface area (Å²) in [5, 5.41) is 6.37. The predicted octanol–water partition coefficient (Wildman–Crippen LogP) is 0.289. The Morgan fingerprint density at radius 1 is 1.00 bits per heavy atom. The molecule has 0 aliphatic heterocycles. The summed E-state index contributed by atoms with van der Waals surface area (Å²) in [7, 11) is 0. The van der Waals surface area contributed by atoms with Gasteiger partial charge >= 0.3 is 0 Å². The average molecular weight is 253 g/mol. The van der Waals surface area contributed by atoms with E-state index < -0.39 is 0 Å². The summed E-state index contributed by atoms with van der Waals surface area (Å²) in [5.41, 5.74) is 5.29. The maximum absolute atomic E-state index is 11.5. The lowest BCUT2D eigenvalue weighted by Gasteiger charge is -2.27. The van der Waals surface area contributed by atoms with E-state index in [0.717, 1.165) is 45.1 Å². The van der Waals surface area contributed by atoms with Gasteiger partial charge in [0.1, 0.15) is 0 Å². The van der Waals surface area contributed by atoms with Crippen LogP contribution in [-0.4, -0.2) is 30.4 Å². The Morgan fingerprint density at radius 2 is 1.61 bits per heavy atom. The summed E-state index contributed by atoms with van der Waals surface area (Å²) < 4.78 is 0. The average Bonchev–Trinajstić information content (AvgIpc) is 3.13. The molecule has 18 heavy (non-hydrogen) atoms. The topological polar surface area (TPSA) is 84.2 Å². The molecule has 0 aromatic carbocycles. The van der Waals surface area contributed by atoms with Crippen molar-refractivity contribution in [3.63, 3.8) is 0 Å². The molecule has 2 aliphatic rings. The van der Waals surface area contributed by atoms with Crippen molar-refractivity contribution in [2.45, 2.75) is 57.0 Å². The highest BCUT2D eigenvalue weighted by molar-refractivity contribution is 5.77. The molecule has 0 heterocycles. The van der Waals surface area contributed by atoms with Gasteiger partial charge in [0.2, 0.25) is 11.8 Å². The quantitative estimate of drug-likeness (QED) is 0.636. The van der Waals surface area contributed by atoms with Crippen molar-refractivity contribution in [3.05, 3.63) is 0 Å². The van der Waals surface area contributed by atoms with Crippen molar-refractivity contribution in [2.75, 3.05) is 6.54 Å². The lowest BCUT2D eigenvalue weighted by Crippen LogP contribution is -2.38. The molecular weight excluding hydrogens is 230 g/mol. The number of hydrogen-bond acceptors (Lipinski definition) is 3. The normalized spacial score (nSPS) is 27.8. The maximum atomic E-state index is 11.5. The van der Waals surface area contributed by atoms with Crippen LogP contribution in [0.15, 0.2) is 0 Å². The van der Waals surface area contributed by atoms with Crippen molar-refractivity contribution in [2.24, 2.45) is 11.7 Å². The van der Waals surface area contributed by atoms with E-state index in [1.165, 1.54) is 0 Å². The Labute approximate surface area is 108 Å². The third-order valence-corrected chi connectivity index (χ3v) is 3.86. The van der Waals surface area contributed by atoms with Crippen molar-refractivity contribution in [3.8, 4) is 0 Å². The van der Waals surface area contributed by atoms with Crippen LogP contribution in [0.3, 0.4) is 0 Å². The Balaban J connectivity index is 1.54. The van der Waals surface area contributed by atoms with Crippen molar-refractivity contribution in [1.29, 1.82) is 0 Å². The minimum atomic E-state index is -0.169. The van der Waals surface area contributed by atoms with Crippen LogP contribution in [0.5, 0.6) is 0 Å². The van der Waals surface area contributed by atoms with Crippen LogP contribution in [0.4, 0.5) is 0 Å². The molecule has 2 rings (SSSR count). The minimum absolute atomic E-state index is 0.0567. The number of carbonyl (C=O) groups excluding carboxylic acids is 2. The zero-order valence-electron chi connectivity index (χ0n) is 10.8. The fraction of sp³-hybridized carbons (Fsp3) is 0.846. The van der Waals surface area contributed by atoms with Gasteiger partial charge in [-0.25, -0.2) is 0 Å². The van der Waals surface area contributed by atoms with E-state index >= 15 is 0 Å². The second kappa shape index (κ2) is 6.18. The van der Waals surface area contributed by atoms with E-state index in [9.17, 15) is 9.59 Å². The SMILES string of the molecule is NC(=O)C1CCC(NCCC(=O)NC2CC2)CC1. The van der Waals surface area contributed by atoms with Gasteiger partial charge in [-0.2, -0.15) is 0 Å². The molecule has 0 aromatic heterocycles. The van der Waals surface area contributed by atoms with Crippen LogP contribution in [0.2, 0.25) is 0 Å². The third-order valence-electron chi connectivity index (χ3n) is 3.86. The first-order chi connectivity index (χ1) is 8.65. The highest BCUT2D eigenvalue weighted by Crippen LogP contribution is 2.23. The van der Waals surface area contributed by atoms with E-state index in [1.807, 2.05) is 0 Å². The second-order valence-electron chi connectivity index (χ2n) is 5.50. The Bertz CT molecular complexity index is 307. The standard InChI is InChI=1S/C13H23N3O2/c14-13(18)9-1-3-10(4-2-9)15-8-7-12(17)16-11-5-6-11/h9-11,15H,1-8H2,(H2,14,18)(H,16,17). The molecule has 2 fully saturated rings. The molecule has 0 bridgehead atoms. The van der Waals surface area contributed by atoms with Crippen LogP contribution in [0.25, 0.3) is 0 Å². The number of primary amides is 1. The zero-order valence-corrected chi connectivity index (χ0v) is 10.8. The van der Waals surface area contributed by atoms with Crippen molar-refractivity contribution < 1.29 is 9.59 Å². The van der Waals surface area contributed by atoms with Gasteiger partial charge in [-0.15, -0.1) is 0 Å². The lowest BCUT2D eigenvalue weighted by molar-refractivity contribution is -0.122. The van der Waals surface area contributed by atoms with Gasteiger partial charge in [-0.3, -0.25) is 9.59 Å². The maximum Gasteiger partial charge on any atom is 0.221 e. The van der Waals surface area contributed by atoms with Crippen LogP contribution in [-0.2, 0) is 9.59 Å². The number of nitrogens with one attached hydrogen (secondary N) is 2. The first-order valence-electron chi connectivity index (χ1n) is 6.97. The Morgan fingerprint density at radius 3 is 2.17 bits per heavy atom. The molecule has 4 N–H and O–H groups in total. The molecule has 2 saturated carbocycles. The number of nitrogens with two attached hydrogens (primary N) is 1. The van der Waals surface area contributed by atoms with E-state index in [1.54, 1.807) is 0 Å².